The predicted octanol–water partition coefficient (Wildman–Crippen LogP) is 1.41. The molecule has 0 unspecified atom stereocenters. The molecule has 3 nitrogen and oxygen atoms in total. The number of nitrogens with one attached hydrogen (secondary N) is 1. The normalized spacial score (nSPS) is 13.9. The van der Waals surface area contributed by atoms with Crippen molar-refractivity contribution < 1.29 is 14.0 Å². The molecule has 1 heterocycles. The van der Waals surface area contributed by atoms with Crippen molar-refractivity contribution in [3.63, 3.8) is 0 Å². The van der Waals surface area contributed by atoms with Gasteiger partial charge in [0.15, 0.2) is 0 Å². The van der Waals surface area contributed by atoms with Gasteiger partial charge in [0.1, 0.15) is 11.6 Å². The van der Waals surface area contributed by atoms with Gasteiger partial charge in [0.05, 0.1) is 20.3 Å². The van der Waals surface area contributed by atoms with Gasteiger partial charge in [-0.1, -0.05) is 6.07 Å². The number of benzene rings is 1. The van der Waals surface area contributed by atoms with Gasteiger partial charge in [-0.15, -0.1) is 0 Å². The lowest BCUT2D eigenvalue weighted by Gasteiger charge is -2.09. The fraction of sp³-hybridized carbons (Fsp3) is 0.400. The Morgan fingerprint density at radius 1 is 1.57 bits per heavy atom. The highest BCUT2D eigenvalue weighted by Crippen LogP contribution is 2.31. The number of hydrogen-bond donors (Lipinski definition) is 1. The van der Waals surface area contributed by atoms with Crippen molar-refractivity contribution >= 4 is 0 Å². The fourth-order valence-corrected chi connectivity index (χ4v) is 1.60. The molecular formula is C10H12FNO2. The zero-order valence-corrected chi connectivity index (χ0v) is 7.97. The Morgan fingerprint density at radius 3 is 3.21 bits per heavy atom. The zero-order chi connectivity index (χ0) is 9.97. The van der Waals surface area contributed by atoms with Crippen molar-refractivity contribution in [3.05, 3.63) is 29.1 Å². The topological polar surface area (TPSA) is 30.5 Å². The first kappa shape index (κ1) is 9.43. The van der Waals surface area contributed by atoms with Crippen molar-refractivity contribution in [1.82, 2.24) is 5.48 Å². The van der Waals surface area contributed by atoms with E-state index in [1.165, 1.54) is 13.2 Å². The molecule has 4 heteroatoms. The van der Waals surface area contributed by atoms with Gasteiger partial charge in [-0.05, 0) is 11.6 Å². The summed E-state index contributed by atoms with van der Waals surface area (Å²) in [6.07, 6.45) is 0.857. The van der Waals surface area contributed by atoms with E-state index in [9.17, 15) is 4.39 Å². The molecule has 1 aliphatic rings. The third-order valence-corrected chi connectivity index (χ3v) is 2.30. The van der Waals surface area contributed by atoms with Gasteiger partial charge in [0, 0.05) is 12.0 Å². The van der Waals surface area contributed by atoms with Crippen molar-refractivity contribution in [3.8, 4) is 5.75 Å². The monoisotopic (exact) mass is 197 g/mol. The first-order chi connectivity index (χ1) is 6.83. The second-order valence-corrected chi connectivity index (χ2v) is 3.14. The zero-order valence-electron chi connectivity index (χ0n) is 7.97. The van der Waals surface area contributed by atoms with Gasteiger partial charge < -0.3 is 9.57 Å². The molecule has 0 aromatic heterocycles. The average Bonchev–Trinajstić information content (AvgIpc) is 2.64. The quantitative estimate of drug-likeness (QED) is 0.743. The van der Waals surface area contributed by atoms with Crippen LogP contribution in [0.15, 0.2) is 12.1 Å². The van der Waals surface area contributed by atoms with Crippen LogP contribution >= 0.6 is 0 Å². The number of hydroxylamine groups is 1. The molecule has 0 bridgehead atoms. The number of halogens is 1. The molecule has 76 valence electrons. The Kier molecular flexibility index (Phi) is 2.65. The molecule has 0 amide bonds. The van der Waals surface area contributed by atoms with Crippen LogP contribution < -0.4 is 10.2 Å². The molecule has 1 aliphatic heterocycles. The Bertz CT molecular complexity index is 341. The summed E-state index contributed by atoms with van der Waals surface area (Å²) in [5, 5.41) is 0. The molecule has 0 spiro atoms. The smallest absolute Gasteiger partial charge is 0.131 e. The first-order valence-corrected chi connectivity index (χ1v) is 4.52. The first-order valence-electron chi connectivity index (χ1n) is 4.52. The standard InChI is InChI=1S/C10H12FNO2/c1-13-12-6-8-9(11)3-2-7-4-5-14-10(7)8/h2-3,12H,4-6H2,1H3. The maximum atomic E-state index is 13.4. The second-order valence-electron chi connectivity index (χ2n) is 3.14. The summed E-state index contributed by atoms with van der Waals surface area (Å²) in [5.74, 6) is 0.421. The van der Waals surface area contributed by atoms with Crippen LogP contribution in [-0.2, 0) is 17.8 Å². The second kappa shape index (κ2) is 3.94. The molecule has 0 saturated heterocycles. The Labute approximate surface area is 81.8 Å². The molecule has 0 saturated carbocycles. The highest BCUT2D eigenvalue weighted by atomic mass is 19.1. The van der Waals surface area contributed by atoms with E-state index >= 15 is 0 Å². The summed E-state index contributed by atoms with van der Waals surface area (Å²) in [4.78, 5) is 4.69. The molecule has 1 N–H and O–H groups in total. The minimum Gasteiger partial charge on any atom is -0.493 e. The fourth-order valence-electron chi connectivity index (χ4n) is 1.60. The van der Waals surface area contributed by atoms with Crippen LogP contribution in [0, 0.1) is 5.82 Å². The van der Waals surface area contributed by atoms with Gasteiger partial charge in [0.2, 0.25) is 0 Å². The molecule has 1 aromatic carbocycles. The number of ether oxygens (including phenoxy) is 1. The predicted molar refractivity (Wildman–Crippen MR) is 49.4 cm³/mol. The minimum absolute atomic E-state index is 0.254. The molecule has 0 atom stereocenters. The average molecular weight is 197 g/mol. The lowest BCUT2D eigenvalue weighted by Crippen LogP contribution is -2.13. The van der Waals surface area contributed by atoms with Crippen LogP contribution in [-0.4, -0.2) is 13.7 Å². The summed E-state index contributed by atoms with van der Waals surface area (Å²) in [6.45, 7) is 0.963. The Balaban J connectivity index is 2.31. The minimum atomic E-state index is -0.254. The molecule has 1 aromatic rings. The number of rotatable bonds is 3. The van der Waals surface area contributed by atoms with E-state index in [2.05, 4.69) is 10.3 Å². The van der Waals surface area contributed by atoms with E-state index in [1.54, 1.807) is 6.07 Å². The summed E-state index contributed by atoms with van der Waals surface area (Å²) in [6, 6.07) is 3.24. The van der Waals surface area contributed by atoms with Crippen LogP contribution in [0.4, 0.5) is 4.39 Å². The third-order valence-electron chi connectivity index (χ3n) is 2.30. The third kappa shape index (κ3) is 1.58. The van der Waals surface area contributed by atoms with Crippen LogP contribution in [0.5, 0.6) is 5.75 Å². The van der Waals surface area contributed by atoms with Crippen molar-refractivity contribution in [2.24, 2.45) is 0 Å². The van der Waals surface area contributed by atoms with E-state index < -0.39 is 0 Å². The van der Waals surface area contributed by atoms with Crippen LogP contribution in [0.2, 0.25) is 0 Å². The maximum Gasteiger partial charge on any atom is 0.131 e. The summed E-state index contributed by atoms with van der Waals surface area (Å²) < 4.78 is 18.8. The van der Waals surface area contributed by atoms with E-state index in [1.807, 2.05) is 0 Å². The van der Waals surface area contributed by atoms with Crippen LogP contribution in [0.1, 0.15) is 11.1 Å². The largest absolute Gasteiger partial charge is 0.493 e. The summed E-state index contributed by atoms with van der Waals surface area (Å²) in [7, 11) is 1.50. The molecule has 2 rings (SSSR count). The number of fused-ring (bicyclic) bond motifs is 1. The van der Waals surface area contributed by atoms with Crippen LogP contribution in [0.3, 0.4) is 0 Å². The van der Waals surface area contributed by atoms with Crippen molar-refractivity contribution in [2.45, 2.75) is 13.0 Å². The lowest BCUT2D eigenvalue weighted by molar-refractivity contribution is 0.0852. The molecule has 14 heavy (non-hydrogen) atoms. The Morgan fingerprint density at radius 2 is 2.43 bits per heavy atom. The SMILES string of the molecule is CONCc1c(F)ccc2c1OCC2. The molecule has 0 aliphatic carbocycles. The van der Waals surface area contributed by atoms with Crippen molar-refractivity contribution in [2.75, 3.05) is 13.7 Å². The maximum absolute atomic E-state index is 13.4. The van der Waals surface area contributed by atoms with E-state index in [-0.39, 0.29) is 5.82 Å². The van der Waals surface area contributed by atoms with Crippen LogP contribution in [0.25, 0.3) is 0 Å². The molecule has 0 fully saturated rings. The van der Waals surface area contributed by atoms with Gasteiger partial charge in [-0.3, -0.25) is 0 Å². The van der Waals surface area contributed by atoms with Gasteiger partial charge >= 0.3 is 0 Å². The summed E-state index contributed by atoms with van der Waals surface area (Å²) >= 11 is 0. The van der Waals surface area contributed by atoms with E-state index in [4.69, 9.17) is 4.74 Å². The Hall–Kier alpha value is -1.13. The summed E-state index contributed by atoms with van der Waals surface area (Å²) in [5.41, 5.74) is 4.23. The van der Waals surface area contributed by atoms with Gasteiger partial charge in [0.25, 0.3) is 0 Å². The lowest BCUT2D eigenvalue weighted by atomic mass is 10.1. The van der Waals surface area contributed by atoms with E-state index in [0.29, 0.717) is 24.5 Å². The molecule has 0 radical (unpaired) electrons. The highest BCUT2D eigenvalue weighted by molar-refractivity contribution is 5.44. The highest BCUT2D eigenvalue weighted by Gasteiger charge is 2.19. The molecular weight excluding hydrogens is 185 g/mol. The van der Waals surface area contributed by atoms with Crippen molar-refractivity contribution in [1.29, 1.82) is 0 Å². The van der Waals surface area contributed by atoms with Gasteiger partial charge in [-0.25, -0.2) is 4.39 Å². The van der Waals surface area contributed by atoms with Gasteiger partial charge in [-0.2, -0.15) is 5.48 Å². The number of hydrogen-bond acceptors (Lipinski definition) is 3. The van der Waals surface area contributed by atoms with E-state index in [0.717, 1.165) is 12.0 Å².